The van der Waals surface area contributed by atoms with Crippen molar-refractivity contribution in [2.24, 2.45) is 0 Å². The molecule has 0 radical (unpaired) electrons. The maximum absolute atomic E-state index is 2.48. The molecular weight excluding hydrogens is 599 g/mol. The zero-order valence-corrected chi connectivity index (χ0v) is 26.9. The first-order valence-electron chi connectivity index (χ1n) is 16.4. The minimum atomic E-state index is 1.14. The third-order valence-electron chi connectivity index (χ3n) is 9.81. The van der Waals surface area contributed by atoms with Crippen LogP contribution >= 0.6 is 11.3 Å². The van der Waals surface area contributed by atoms with Gasteiger partial charge in [-0.15, -0.1) is 11.3 Å². The van der Waals surface area contributed by atoms with Gasteiger partial charge in [-0.2, -0.15) is 0 Å². The quantitative estimate of drug-likeness (QED) is 0.176. The minimum Gasteiger partial charge on any atom is -0.308 e. The fourth-order valence-corrected chi connectivity index (χ4v) is 8.75. The van der Waals surface area contributed by atoms with E-state index in [-0.39, 0.29) is 0 Å². The van der Waals surface area contributed by atoms with Gasteiger partial charge in [0.2, 0.25) is 0 Å². The van der Waals surface area contributed by atoms with Crippen molar-refractivity contribution in [2.45, 2.75) is 0 Å². The van der Waals surface area contributed by atoms with Gasteiger partial charge in [0.25, 0.3) is 0 Å². The van der Waals surface area contributed by atoms with Crippen molar-refractivity contribution in [1.29, 1.82) is 0 Å². The number of benzene rings is 9. The van der Waals surface area contributed by atoms with Gasteiger partial charge in [-0.25, -0.2) is 0 Å². The van der Waals surface area contributed by atoms with Crippen LogP contribution in [0.25, 0.3) is 74.4 Å². The maximum atomic E-state index is 2.48. The summed E-state index contributed by atoms with van der Waals surface area (Å²) in [5.74, 6) is 0. The first-order valence-corrected chi connectivity index (χ1v) is 17.2. The van der Waals surface area contributed by atoms with Crippen LogP contribution in [0.3, 0.4) is 0 Å². The Hall–Kier alpha value is -5.96. The number of rotatable bonds is 4. The Morgan fingerprint density at radius 1 is 0.333 bits per heavy atom. The number of anilines is 3. The van der Waals surface area contributed by atoms with Gasteiger partial charge in [-0.3, -0.25) is 0 Å². The molecule has 0 unspecified atom stereocenters. The van der Waals surface area contributed by atoms with Gasteiger partial charge < -0.3 is 4.90 Å². The molecule has 0 fully saturated rings. The molecular formula is C46H29NS. The van der Waals surface area contributed by atoms with Crippen molar-refractivity contribution in [3.8, 4) is 11.1 Å². The van der Waals surface area contributed by atoms with E-state index in [1.807, 2.05) is 11.3 Å². The van der Waals surface area contributed by atoms with E-state index in [9.17, 15) is 0 Å². The fourth-order valence-electron chi connectivity index (χ4n) is 7.54. The average Bonchev–Trinajstić information content (AvgIpc) is 3.54. The summed E-state index contributed by atoms with van der Waals surface area (Å²) in [6.07, 6.45) is 0. The van der Waals surface area contributed by atoms with Crippen molar-refractivity contribution in [2.75, 3.05) is 4.90 Å². The van der Waals surface area contributed by atoms with Crippen molar-refractivity contribution >= 4 is 91.7 Å². The van der Waals surface area contributed by atoms with E-state index in [2.05, 4.69) is 181 Å². The van der Waals surface area contributed by atoms with Crippen molar-refractivity contribution in [1.82, 2.24) is 0 Å². The van der Waals surface area contributed by atoms with Crippen LogP contribution in [0.4, 0.5) is 17.1 Å². The summed E-state index contributed by atoms with van der Waals surface area (Å²) in [5, 5.41) is 12.7. The predicted molar refractivity (Wildman–Crippen MR) is 209 cm³/mol. The first-order chi connectivity index (χ1) is 23.8. The Balaban J connectivity index is 1.25. The Morgan fingerprint density at radius 2 is 0.938 bits per heavy atom. The largest absolute Gasteiger partial charge is 0.308 e. The molecule has 0 bridgehead atoms. The molecule has 10 aromatic rings. The zero-order chi connectivity index (χ0) is 31.6. The van der Waals surface area contributed by atoms with Crippen molar-refractivity contribution in [3.05, 3.63) is 176 Å². The van der Waals surface area contributed by atoms with Gasteiger partial charge in [0, 0.05) is 26.5 Å². The summed E-state index contributed by atoms with van der Waals surface area (Å²) in [6.45, 7) is 0. The van der Waals surface area contributed by atoms with E-state index < -0.39 is 0 Å². The lowest BCUT2D eigenvalue weighted by molar-refractivity contribution is 1.32. The highest BCUT2D eigenvalue weighted by atomic mass is 32.1. The number of hydrogen-bond acceptors (Lipinski definition) is 2. The van der Waals surface area contributed by atoms with E-state index in [0.29, 0.717) is 0 Å². The lowest BCUT2D eigenvalue weighted by atomic mass is 9.95. The molecule has 0 aliphatic carbocycles. The molecule has 1 heterocycles. The molecule has 1 aromatic heterocycles. The maximum Gasteiger partial charge on any atom is 0.0640 e. The molecule has 9 aromatic carbocycles. The van der Waals surface area contributed by atoms with Crippen molar-refractivity contribution in [3.63, 3.8) is 0 Å². The van der Waals surface area contributed by atoms with Gasteiger partial charge in [0.15, 0.2) is 0 Å². The predicted octanol–water partition coefficient (Wildman–Crippen LogP) is 13.8. The molecule has 224 valence electrons. The number of thiophene rings is 1. The molecule has 0 saturated carbocycles. The Morgan fingerprint density at radius 3 is 1.85 bits per heavy atom. The highest BCUT2D eigenvalue weighted by Crippen LogP contribution is 2.47. The van der Waals surface area contributed by atoms with Gasteiger partial charge in [-0.05, 0) is 85.2 Å². The highest BCUT2D eigenvalue weighted by molar-refractivity contribution is 7.26. The lowest BCUT2D eigenvalue weighted by Gasteiger charge is -2.28. The standard InChI is InChI=1S/C46H29NS/c1-2-12-32-28-34(23-22-30(32)10-1)33-13-7-14-35(29-33)47(44-20-9-18-42-41-16-5-6-21-45(41)48-46(42)44)43-19-8-17-37-39-25-24-31-11-3-4-15-36(31)38(39)26-27-40(37)43/h1-29H. The summed E-state index contributed by atoms with van der Waals surface area (Å²) in [4.78, 5) is 2.48. The molecule has 0 saturated heterocycles. The molecule has 1 nitrogen and oxygen atoms in total. The van der Waals surface area contributed by atoms with E-state index >= 15 is 0 Å². The average molecular weight is 628 g/mol. The Kier molecular flexibility index (Phi) is 6.12. The van der Waals surface area contributed by atoms with Gasteiger partial charge in [0.1, 0.15) is 0 Å². The summed E-state index contributed by atoms with van der Waals surface area (Å²) in [7, 11) is 0. The minimum absolute atomic E-state index is 1.14. The molecule has 48 heavy (non-hydrogen) atoms. The summed E-state index contributed by atoms with van der Waals surface area (Å²) in [5.41, 5.74) is 5.91. The molecule has 2 heteroatoms. The van der Waals surface area contributed by atoms with E-state index in [4.69, 9.17) is 0 Å². The second kappa shape index (κ2) is 10.8. The lowest BCUT2D eigenvalue weighted by Crippen LogP contribution is -2.10. The summed E-state index contributed by atoms with van der Waals surface area (Å²) in [6, 6.07) is 64.6. The monoisotopic (exact) mass is 627 g/mol. The summed E-state index contributed by atoms with van der Waals surface area (Å²) < 4.78 is 2.60. The van der Waals surface area contributed by atoms with Crippen LogP contribution in [0.5, 0.6) is 0 Å². The topological polar surface area (TPSA) is 3.24 Å². The molecule has 0 N–H and O–H groups in total. The van der Waals surface area contributed by atoms with Crippen LogP contribution in [0.2, 0.25) is 0 Å². The molecule has 0 aliphatic heterocycles. The SMILES string of the molecule is c1cc(-c2ccc3ccccc3c2)cc(N(c2cccc3c2ccc2c4ccccc4ccc32)c2cccc3c2sc2ccccc23)c1. The highest BCUT2D eigenvalue weighted by Gasteiger charge is 2.21. The number of nitrogens with zero attached hydrogens (tertiary/aromatic N) is 1. The molecule has 0 aliphatic rings. The molecule has 0 atom stereocenters. The van der Waals surface area contributed by atoms with E-state index in [0.717, 1.165) is 5.69 Å². The van der Waals surface area contributed by atoms with Crippen LogP contribution in [-0.2, 0) is 0 Å². The van der Waals surface area contributed by atoms with Crippen LogP contribution < -0.4 is 4.90 Å². The smallest absolute Gasteiger partial charge is 0.0640 e. The molecule has 0 spiro atoms. The number of hydrogen-bond donors (Lipinski definition) is 0. The van der Waals surface area contributed by atoms with Crippen LogP contribution in [-0.4, -0.2) is 0 Å². The second-order valence-corrected chi connectivity index (χ2v) is 13.6. The molecule has 0 amide bonds. The third kappa shape index (κ3) is 4.24. The van der Waals surface area contributed by atoms with E-state index in [1.54, 1.807) is 0 Å². The Bertz CT molecular complexity index is 2860. The van der Waals surface area contributed by atoms with Crippen LogP contribution in [0.1, 0.15) is 0 Å². The first kappa shape index (κ1) is 27.2. The summed E-state index contributed by atoms with van der Waals surface area (Å²) >= 11 is 1.88. The van der Waals surface area contributed by atoms with Crippen molar-refractivity contribution < 1.29 is 0 Å². The van der Waals surface area contributed by atoms with E-state index in [1.165, 1.54) is 85.8 Å². The second-order valence-electron chi connectivity index (χ2n) is 12.5. The van der Waals surface area contributed by atoms with Gasteiger partial charge in [-0.1, -0.05) is 140 Å². The third-order valence-corrected chi connectivity index (χ3v) is 11.0. The number of fused-ring (bicyclic) bond motifs is 9. The van der Waals surface area contributed by atoms with Crippen LogP contribution in [0.15, 0.2) is 176 Å². The fraction of sp³-hybridized carbons (Fsp3) is 0. The Labute approximate surface area is 282 Å². The molecule has 10 rings (SSSR count). The van der Waals surface area contributed by atoms with Gasteiger partial charge in [0.05, 0.1) is 16.1 Å². The van der Waals surface area contributed by atoms with Gasteiger partial charge >= 0.3 is 0 Å². The normalized spacial score (nSPS) is 11.8. The zero-order valence-electron chi connectivity index (χ0n) is 26.1. The van der Waals surface area contributed by atoms with Crippen LogP contribution in [0, 0.1) is 0 Å².